The third-order valence-electron chi connectivity index (χ3n) is 3.21. The van der Waals surface area contributed by atoms with Gasteiger partial charge in [-0.15, -0.1) is 0 Å². The molecular weight excluding hydrogens is 262 g/mol. The molecule has 0 aromatic heterocycles. The van der Waals surface area contributed by atoms with Gasteiger partial charge in [0.15, 0.2) is 0 Å². The number of methoxy groups -OCH3 is 1. The first-order valence-corrected chi connectivity index (χ1v) is 6.13. The molecule has 0 aliphatic heterocycles. The molecule has 106 valence electrons. The van der Waals surface area contributed by atoms with E-state index in [1.54, 1.807) is 25.3 Å². The summed E-state index contributed by atoms with van der Waals surface area (Å²) in [6.45, 7) is 1.85. The summed E-state index contributed by atoms with van der Waals surface area (Å²) in [6, 6.07) is 8.23. The monoisotopic (exact) mass is 278 g/mol. The van der Waals surface area contributed by atoms with E-state index in [0.29, 0.717) is 11.3 Å². The van der Waals surface area contributed by atoms with E-state index in [2.05, 4.69) is 5.43 Å². The zero-order valence-electron chi connectivity index (χ0n) is 11.3. The average molecular weight is 278 g/mol. The molecular formula is C15H16F2N2O. The van der Waals surface area contributed by atoms with Gasteiger partial charge in [0.2, 0.25) is 0 Å². The Balaban J connectivity index is 2.50. The first kappa shape index (κ1) is 14.4. The molecule has 0 radical (unpaired) electrons. The number of halogens is 2. The predicted molar refractivity (Wildman–Crippen MR) is 73.3 cm³/mol. The normalized spacial score (nSPS) is 12.2. The second-order valence-electron chi connectivity index (χ2n) is 4.46. The summed E-state index contributed by atoms with van der Waals surface area (Å²) in [5.74, 6) is 4.91. The number of hydrazine groups is 1. The number of nitrogens with one attached hydrogen (secondary N) is 1. The zero-order valence-corrected chi connectivity index (χ0v) is 11.3. The quantitative estimate of drug-likeness (QED) is 0.668. The highest BCUT2D eigenvalue weighted by atomic mass is 19.1. The van der Waals surface area contributed by atoms with Crippen LogP contribution in [-0.4, -0.2) is 7.11 Å². The van der Waals surface area contributed by atoms with Gasteiger partial charge in [-0.05, 0) is 36.2 Å². The largest absolute Gasteiger partial charge is 0.496 e. The van der Waals surface area contributed by atoms with E-state index >= 15 is 0 Å². The molecule has 0 aliphatic rings. The van der Waals surface area contributed by atoms with Gasteiger partial charge in [0, 0.05) is 5.56 Å². The van der Waals surface area contributed by atoms with Crippen LogP contribution in [0.3, 0.4) is 0 Å². The molecule has 0 saturated heterocycles. The van der Waals surface area contributed by atoms with Crippen molar-refractivity contribution in [1.82, 2.24) is 5.43 Å². The summed E-state index contributed by atoms with van der Waals surface area (Å²) in [6.07, 6.45) is 0. The van der Waals surface area contributed by atoms with Crippen LogP contribution in [0.1, 0.15) is 22.7 Å². The maximum Gasteiger partial charge on any atom is 0.131 e. The van der Waals surface area contributed by atoms with Gasteiger partial charge < -0.3 is 4.74 Å². The number of hydrogen-bond donors (Lipinski definition) is 2. The van der Waals surface area contributed by atoms with Crippen LogP contribution in [0.25, 0.3) is 0 Å². The molecule has 3 N–H and O–H groups in total. The van der Waals surface area contributed by atoms with E-state index in [0.717, 1.165) is 5.56 Å². The summed E-state index contributed by atoms with van der Waals surface area (Å²) in [4.78, 5) is 0. The molecule has 0 saturated carbocycles. The van der Waals surface area contributed by atoms with Gasteiger partial charge in [-0.1, -0.05) is 18.2 Å². The Bertz CT molecular complexity index is 597. The lowest BCUT2D eigenvalue weighted by atomic mass is 9.96. The molecule has 5 heteroatoms. The maximum absolute atomic E-state index is 13.9. The fourth-order valence-electron chi connectivity index (χ4n) is 2.21. The van der Waals surface area contributed by atoms with Crippen molar-refractivity contribution in [2.45, 2.75) is 13.0 Å². The standard InChI is InChI=1S/C15H16F2N2O/c1-9-8-10(6-7-13(9)20-2)15(19-18)14-11(16)4-3-5-12(14)17/h3-8,15,19H,18H2,1-2H3. The lowest BCUT2D eigenvalue weighted by Crippen LogP contribution is -2.30. The van der Waals surface area contributed by atoms with E-state index < -0.39 is 17.7 Å². The van der Waals surface area contributed by atoms with Crippen molar-refractivity contribution in [3.63, 3.8) is 0 Å². The molecule has 2 rings (SSSR count). The van der Waals surface area contributed by atoms with E-state index in [-0.39, 0.29) is 5.56 Å². The van der Waals surface area contributed by atoms with Gasteiger partial charge in [0.25, 0.3) is 0 Å². The summed E-state index contributed by atoms with van der Waals surface area (Å²) >= 11 is 0. The molecule has 0 amide bonds. The molecule has 3 nitrogen and oxygen atoms in total. The minimum Gasteiger partial charge on any atom is -0.496 e. The number of aryl methyl sites for hydroxylation is 1. The second kappa shape index (κ2) is 5.98. The molecule has 0 heterocycles. The Morgan fingerprint density at radius 3 is 2.30 bits per heavy atom. The highest BCUT2D eigenvalue weighted by Gasteiger charge is 2.21. The van der Waals surface area contributed by atoms with Crippen LogP contribution in [0.4, 0.5) is 8.78 Å². The van der Waals surface area contributed by atoms with E-state index in [9.17, 15) is 8.78 Å². The maximum atomic E-state index is 13.9. The average Bonchev–Trinajstić information content (AvgIpc) is 2.43. The summed E-state index contributed by atoms with van der Waals surface area (Å²) in [5, 5.41) is 0. The van der Waals surface area contributed by atoms with Gasteiger partial charge in [-0.25, -0.2) is 14.2 Å². The molecule has 1 unspecified atom stereocenters. The van der Waals surface area contributed by atoms with E-state index in [4.69, 9.17) is 10.6 Å². The highest BCUT2D eigenvalue weighted by molar-refractivity contribution is 5.41. The third kappa shape index (κ3) is 2.64. The first-order valence-electron chi connectivity index (χ1n) is 6.13. The van der Waals surface area contributed by atoms with Crippen LogP contribution in [0, 0.1) is 18.6 Å². The Labute approximate surface area is 116 Å². The highest BCUT2D eigenvalue weighted by Crippen LogP contribution is 2.29. The van der Waals surface area contributed by atoms with Crippen molar-refractivity contribution in [2.24, 2.45) is 5.84 Å². The SMILES string of the molecule is COc1ccc(C(NN)c2c(F)cccc2F)cc1C. The Kier molecular flexibility index (Phi) is 4.32. The molecule has 20 heavy (non-hydrogen) atoms. The van der Waals surface area contributed by atoms with Crippen LogP contribution >= 0.6 is 0 Å². The van der Waals surface area contributed by atoms with Crippen LogP contribution in [0.2, 0.25) is 0 Å². The minimum absolute atomic E-state index is 0.0976. The van der Waals surface area contributed by atoms with Crippen LogP contribution in [0.15, 0.2) is 36.4 Å². The third-order valence-corrected chi connectivity index (χ3v) is 3.21. The number of rotatable bonds is 4. The molecule has 2 aromatic carbocycles. The Morgan fingerprint density at radius 1 is 1.15 bits per heavy atom. The van der Waals surface area contributed by atoms with E-state index in [1.807, 2.05) is 6.92 Å². The second-order valence-corrected chi connectivity index (χ2v) is 4.46. The minimum atomic E-state index is -0.763. The van der Waals surface area contributed by atoms with Gasteiger partial charge in [0.1, 0.15) is 17.4 Å². The zero-order chi connectivity index (χ0) is 14.7. The number of nitrogens with two attached hydrogens (primary N) is 1. The van der Waals surface area contributed by atoms with Crippen LogP contribution in [0.5, 0.6) is 5.75 Å². The first-order chi connectivity index (χ1) is 9.58. The van der Waals surface area contributed by atoms with Crippen molar-refractivity contribution in [3.05, 3.63) is 64.7 Å². The van der Waals surface area contributed by atoms with Gasteiger partial charge >= 0.3 is 0 Å². The lowest BCUT2D eigenvalue weighted by molar-refractivity contribution is 0.411. The molecule has 0 aliphatic carbocycles. The van der Waals surface area contributed by atoms with Gasteiger partial charge in [0.05, 0.1) is 13.2 Å². The number of benzene rings is 2. The predicted octanol–water partition coefficient (Wildman–Crippen LogP) is 2.83. The number of hydrogen-bond acceptors (Lipinski definition) is 3. The molecule has 1 atom stereocenters. The smallest absolute Gasteiger partial charge is 0.131 e. The molecule has 2 aromatic rings. The Morgan fingerprint density at radius 2 is 1.80 bits per heavy atom. The van der Waals surface area contributed by atoms with Crippen molar-refractivity contribution in [3.8, 4) is 5.75 Å². The molecule has 0 spiro atoms. The van der Waals surface area contributed by atoms with Gasteiger partial charge in [-0.3, -0.25) is 5.84 Å². The lowest BCUT2D eigenvalue weighted by Gasteiger charge is -2.19. The van der Waals surface area contributed by atoms with Crippen molar-refractivity contribution < 1.29 is 13.5 Å². The van der Waals surface area contributed by atoms with Crippen molar-refractivity contribution in [1.29, 1.82) is 0 Å². The summed E-state index contributed by atoms with van der Waals surface area (Å²) < 4.78 is 32.9. The van der Waals surface area contributed by atoms with Crippen molar-refractivity contribution >= 4 is 0 Å². The van der Waals surface area contributed by atoms with E-state index in [1.165, 1.54) is 18.2 Å². The Hall–Kier alpha value is -1.98. The molecule has 0 bridgehead atoms. The van der Waals surface area contributed by atoms with Crippen LogP contribution in [-0.2, 0) is 0 Å². The topological polar surface area (TPSA) is 47.3 Å². The number of ether oxygens (including phenoxy) is 1. The van der Waals surface area contributed by atoms with Crippen LogP contribution < -0.4 is 16.0 Å². The van der Waals surface area contributed by atoms with Crippen molar-refractivity contribution in [2.75, 3.05) is 7.11 Å². The van der Waals surface area contributed by atoms with Gasteiger partial charge in [-0.2, -0.15) is 0 Å². The molecule has 0 fully saturated rings. The summed E-state index contributed by atoms with van der Waals surface area (Å²) in [7, 11) is 1.57. The fraction of sp³-hybridized carbons (Fsp3) is 0.200. The fourth-order valence-corrected chi connectivity index (χ4v) is 2.21. The summed E-state index contributed by atoms with van der Waals surface area (Å²) in [5.41, 5.74) is 3.89.